The SMILES string of the molecule is c1ccc(CCCN2CCC(c3ncn[nH]3)CC2)cc1. The molecule has 1 N–H and O–H groups in total. The van der Waals surface area contributed by atoms with Crippen LogP contribution in [0, 0.1) is 0 Å². The fourth-order valence-corrected chi connectivity index (χ4v) is 2.99. The number of H-pyrrole nitrogens is 1. The second kappa shape index (κ2) is 6.66. The van der Waals surface area contributed by atoms with Gasteiger partial charge in [0.2, 0.25) is 0 Å². The smallest absolute Gasteiger partial charge is 0.137 e. The van der Waals surface area contributed by atoms with Crippen LogP contribution in [0.3, 0.4) is 0 Å². The second-order valence-electron chi connectivity index (χ2n) is 5.58. The standard InChI is InChI=1S/C16H22N4/c1-2-5-14(6-3-1)7-4-10-20-11-8-15(9-12-20)16-17-13-18-19-16/h1-3,5-6,13,15H,4,7-12H2,(H,17,18,19). The molecule has 1 saturated heterocycles. The summed E-state index contributed by atoms with van der Waals surface area (Å²) in [7, 11) is 0. The first-order valence-electron chi connectivity index (χ1n) is 7.53. The lowest BCUT2D eigenvalue weighted by Gasteiger charge is -2.30. The highest BCUT2D eigenvalue weighted by atomic mass is 15.2. The van der Waals surface area contributed by atoms with Gasteiger partial charge in [0.15, 0.2) is 0 Å². The van der Waals surface area contributed by atoms with Crippen molar-refractivity contribution in [3.63, 3.8) is 0 Å². The van der Waals surface area contributed by atoms with Gasteiger partial charge in [-0.3, -0.25) is 5.10 Å². The van der Waals surface area contributed by atoms with E-state index < -0.39 is 0 Å². The maximum absolute atomic E-state index is 4.28. The Hall–Kier alpha value is -1.68. The van der Waals surface area contributed by atoms with E-state index in [1.807, 2.05) is 0 Å². The predicted molar refractivity (Wildman–Crippen MR) is 79.6 cm³/mol. The zero-order valence-corrected chi connectivity index (χ0v) is 11.8. The van der Waals surface area contributed by atoms with Gasteiger partial charge < -0.3 is 4.90 Å². The molecule has 0 radical (unpaired) electrons. The topological polar surface area (TPSA) is 44.8 Å². The van der Waals surface area contributed by atoms with E-state index in [1.54, 1.807) is 6.33 Å². The number of benzene rings is 1. The summed E-state index contributed by atoms with van der Waals surface area (Å²) in [4.78, 5) is 6.86. The molecule has 2 aromatic rings. The Labute approximate surface area is 120 Å². The van der Waals surface area contributed by atoms with Crippen LogP contribution in [-0.4, -0.2) is 39.7 Å². The molecule has 4 nitrogen and oxygen atoms in total. The molecule has 0 saturated carbocycles. The maximum atomic E-state index is 4.28. The lowest BCUT2D eigenvalue weighted by molar-refractivity contribution is 0.207. The van der Waals surface area contributed by atoms with E-state index in [0.717, 1.165) is 5.82 Å². The fourth-order valence-electron chi connectivity index (χ4n) is 2.99. The van der Waals surface area contributed by atoms with Crippen molar-refractivity contribution in [2.24, 2.45) is 0 Å². The van der Waals surface area contributed by atoms with Crippen LogP contribution in [0.5, 0.6) is 0 Å². The van der Waals surface area contributed by atoms with Gasteiger partial charge in [-0.05, 0) is 50.9 Å². The van der Waals surface area contributed by atoms with Crippen molar-refractivity contribution in [1.29, 1.82) is 0 Å². The fraction of sp³-hybridized carbons (Fsp3) is 0.500. The molecule has 3 rings (SSSR count). The van der Waals surface area contributed by atoms with E-state index in [4.69, 9.17) is 0 Å². The zero-order chi connectivity index (χ0) is 13.6. The molecule has 0 bridgehead atoms. The Morgan fingerprint density at radius 3 is 2.65 bits per heavy atom. The monoisotopic (exact) mass is 270 g/mol. The molecule has 0 spiro atoms. The van der Waals surface area contributed by atoms with Crippen LogP contribution in [0.2, 0.25) is 0 Å². The number of rotatable bonds is 5. The van der Waals surface area contributed by atoms with Crippen molar-refractivity contribution < 1.29 is 0 Å². The highest BCUT2D eigenvalue weighted by Gasteiger charge is 2.21. The Bertz CT molecular complexity index is 486. The van der Waals surface area contributed by atoms with Gasteiger partial charge in [0, 0.05) is 5.92 Å². The van der Waals surface area contributed by atoms with E-state index in [2.05, 4.69) is 50.4 Å². The molecule has 1 fully saturated rings. The molecular weight excluding hydrogens is 248 g/mol. The summed E-state index contributed by atoms with van der Waals surface area (Å²) < 4.78 is 0. The van der Waals surface area contributed by atoms with Gasteiger partial charge in [-0.25, -0.2) is 4.98 Å². The van der Waals surface area contributed by atoms with E-state index in [9.17, 15) is 0 Å². The normalized spacial score (nSPS) is 17.4. The highest BCUT2D eigenvalue weighted by molar-refractivity contribution is 5.14. The summed E-state index contributed by atoms with van der Waals surface area (Å²) in [6.07, 6.45) is 6.43. The Kier molecular flexibility index (Phi) is 4.43. The van der Waals surface area contributed by atoms with Crippen molar-refractivity contribution in [2.75, 3.05) is 19.6 Å². The number of nitrogens with zero attached hydrogens (tertiary/aromatic N) is 3. The third kappa shape index (κ3) is 3.45. The van der Waals surface area contributed by atoms with E-state index in [1.165, 1.54) is 50.9 Å². The van der Waals surface area contributed by atoms with Gasteiger partial charge in [-0.1, -0.05) is 30.3 Å². The summed E-state index contributed by atoms with van der Waals surface area (Å²) in [6.45, 7) is 3.57. The molecule has 0 atom stereocenters. The first-order chi connectivity index (χ1) is 9.92. The van der Waals surface area contributed by atoms with Crippen molar-refractivity contribution in [2.45, 2.75) is 31.6 Å². The molecule has 0 aliphatic carbocycles. The number of hydrogen-bond donors (Lipinski definition) is 1. The molecule has 0 unspecified atom stereocenters. The predicted octanol–water partition coefficient (Wildman–Crippen LogP) is 2.62. The summed E-state index contributed by atoms with van der Waals surface area (Å²) in [6, 6.07) is 10.8. The number of aryl methyl sites for hydroxylation is 1. The van der Waals surface area contributed by atoms with E-state index in [0.29, 0.717) is 5.92 Å². The van der Waals surface area contributed by atoms with Gasteiger partial charge in [0.25, 0.3) is 0 Å². The first-order valence-corrected chi connectivity index (χ1v) is 7.53. The minimum absolute atomic E-state index is 0.572. The van der Waals surface area contributed by atoms with Crippen molar-refractivity contribution in [1.82, 2.24) is 20.1 Å². The van der Waals surface area contributed by atoms with Gasteiger partial charge in [0.05, 0.1) is 0 Å². The van der Waals surface area contributed by atoms with Gasteiger partial charge in [-0.15, -0.1) is 0 Å². The average Bonchev–Trinajstić information content (AvgIpc) is 3.03. The molecule has 1 aliphatic heterocycles. The quantitative estimate of drug-likeness (QED) is 0.908. The van der Waals surface area contributed by atoms with Crippen molar-refractivity contribution in [3.8, 4) is 0 Å². The minimum atomic E-state index is 0.572. The van der Waals surface area contributed by atoms with Crippen LogP contribution in [0.15, 0.2) is 36.7 Å². The highest BCUT2D eigenvalue weighted by Crippen LogP contribution is 2.24. The summed E-state index contributed by atoms with van der Waals surface area (Å²) in [5.74, 6) is 1.64. The number of hydrogen-bond acceptors (Lipinski definition) is 3. The molecule has 106 valence electrons. The first kappa shape index (κ1) is 13.3. The van der Waals surface area contributed by atoms with Crippen LogP contribution in [-0.2, 0) is 6.42 Å². The third-order valence-electron chi connectivity index (χ3n) is 4.19. The summed E-state index contributed by atoms with van der Waals surface area (Å²) >= 11 is 0. The minimum Gasteiger partial charge on any atom is -0.303 e. The molecule has 4 heteroatoms. The van der Waals surface area contributed by atoms with E-state index >= 15 is 0 Å². The largest absolute Gasteiger partial charge is 0.303 e. The lowest BCUT2D eigenvalue weighted by Crippen LogP contribution is -2.34. The van der Waals surface area contributed by atoms with Crippen molar-refractivity contribution in [3.05, 3.63) is 48.0 Å². The summed E-state index contributed by atoms with van der Waals surface area (Å²) in [5, 5.41) is 6.96. The molecule has 0 amide bonds. The number of nitrogens with one attached hydrogen (secondary N) is 1. The lowest BCUT2D eigenvalue weighted by atomic mass is 9.96. The van der Waals surface area contributed by atoms with Crippen LogP contribution in [0.1, 0.15) is 36.6 Å². The van der Waals surface area contributed by atoms with Crippen LogP contribution in [0.4, 0.5) is 0 Å². The van der Waals surface area contributed by atoms with E-state index in [-0.39, 0.29) is 0 Å². The number of piperidine rings is 1. The number of aromatic nitrogens is 3. The molecule has 1 aliphatic rings. The van der Waals surface area contributed by atoms with Crippen LogP contribution >= 0.6 is 0 Å². The van der Waals surface area contributed by atoms with Crippen LogP contribution in [0.25, 0.3) is 0 Å². The summed E-state index contributed by atoms with van der Waals surface area (Å²) in [5.41, 5.74) is 1.45. The molecule has 2 heterocycles. The average molecular weight is 270 g/mol. The Morgan fingerprint density at radius 2 is 1.95 bits per heavy atom. The van der Waals surface area contributed by atoms with Gasteiger partial charge >= 0.3 is 0 Å². The Balaban J connectivity index is 1.39. The third-order valence-corrected chi connectivity index (χ3v) is 4.19. The Morgan fingerprint density at radius 1 is 1.15 bits per heavy atom. The number of aromatic amines is 1. The molecule has 1 aromatic carbocycles. The maximum Gasteiger partial charge on any atom is 0.137 e. The van der Waals surface area contributed by atoms with Crippen molar-refractivity contribution >= 4 is 0 Å². The van der Waals surface area contributed by atoms with Crippen LogP contribution < -0.4 is 0 Å². The van der Waals surface area contributed by atoms with Gasteiger partial charge in [0.1, 0.15) is 12.2 Å². The zero-order valence-electron chi connectivity index (χ0n) is 11.8. The molecule has 20 heavy (non-hydrogen) atoms. The molecule has 1 aromatic heterocycles. The van der Waals surface area contributed by atoms with Gasteiger partial charge in [-0.2, -0.15) is 5.10 Å². The number of likely N-dealkylation sites (tertiary alicyclic amines) is 1. The molecular formula is C16H22N4. The second-order valence-corrected chi connectivity index (χ2v) is 5.58.